The molecule has 0 unspecified atom stereocenters. The van der Waals surface area contributed by atoms with Crippen molar-refractivity contribution < 1.29 is 14.9 Å². The van der Waals surface area contributed by atoms with Crippen molar-refractivity contribution in [2.24, 2.45) is 5.73 Å². The predicted molar refractivity (Wildman–Crippen MR) is 64.2 cm³/mol. The number of nitrogens with one attached hydrogen (secondary N) is 1. The Hall–Kier alpha value is -1.66. The first kappa shape index (κ1) is 12.8. The Morgan fingerprint density at radius 2 is 2.06 bits per heavy atom. The van der Waals surface area contributed by atoms with Gasteiger partial charge in [0.05, 0.1) is 18.0 Å². The number of piperidine rings is 1. The number of nitrogens with two attached hydrogens (primary N) is 1. The van der Waals surface area contributed by atoms with E-state index in [2.05, 4.69) is 0 Å². The summed E-state index contributed by atoms with van der Waals surface area (Å²) in [4.78, 5) is 11.4. The van der Waals surface area contributed by atoms with E-state index in [1.807, 2.05) is 0 Å². The molecule has 6 nitrogen and oxygen atoms in total. The van der Waals surface area contributed by atoms with Gasteiger partial charge >= 0.3 is 0 Å². The number of quaternary nitrogens is 1. The average molecular weight is 251 g/mol. The van der Waals surface area contributed by atoms with Gasteiger partial charge in [0.1, 0.15) is 6.54 Å². The largest absolute Gasteiger partial charge is 0.868 e. The third-order valence-corrected chi connectivity index (χ3v) is 3.41. The monoisotopic (exact) mass is 251 g/mol. The lowest BCUT2D eigenvalue weighted by Gasteiger charge is -2.27. The smallest absolute Gasteiger partial charge is 0.262 e. The minimum Gasteiger partial charge on any atom is -0.868 e. The van der Waals surface area contributed by atoms with Crippen LogP contribution in [-0.2, 0) is 6.54 Å². The lowest BCUT2D eigenvalue weighted by molar-refractivity contribution is -0.918. The molecule has 6 heteroatoms. The van der Waals surface area contributed by atoms with Crippen LogP contribution in [0.15, 0.2) is 18.2 Å². The molecule has 1 aliphatic rings. The van der Waals surface area contributed by atoms with E-state index in [0.29, 0.717) is 6.54 Å². The highest BCUT2D eigenvalue weighted by molar-refractivity contribution is 5.46. The number of benzene rings is 1. The van der Waals surface area contributed by atoms with Crippen LogP contribution in [0.3, 0.4) is 0 Å². The van der Waals surface area contributed by atoms with Crippen LogP contribution < -0.4 is 15.7 Å². The number of nitro groups is 1. The zero-order chi connectivity index (χ0) is 13.1. The van der Waals surface area contributed by atoms with Crippen molar-refractivity contribution in [3.05, 3.63) is 33.9 Å². The fraction of sp³-hybridized carbons (Fsp3) is 0.500. The summed E-state index contributed by atoms with van der Waals surface area (Å²) in [6, 6.07) is 4.63. The van der Waals surface area contributed by atoms with E-state index in [-0.39, 0.29) is 11.7 Å². The Bertz CT molecular complexity index is 442. The maximum Gasteiger partial charge on any atom is 0.262 e. The molecule has 1 fully saturated rings. The molecule has 0 saturated carbocycles. The Kier molecular flexibility index (Phi) is 3.78. The molecule has 1 aliphatic heterocycles. The first-order valence-corrected chi connectivity index (χ1v) is 6.09. The van der Waals surface area contributed by atoms with Crippen LogP contribution in [0.4, 0.5) is 5.69 Å². The van der Waals surface area contributed by atoms with Crippen molar-refractivity contribution in [3.8, 4) is 5.75 Å². The summed E-state index contributed by atoms with van der Waals surface area (Å²) in [6.07, 6.45) is 1.97. The summed E-state index contributed by atoms with van der Waals surface area (Å²) < 4.78 is 0. The number of nitro benzene ring substituents is 1. The molecule has 0 spiro atoms. The van der Waals surface area contributed by atoms with Gasteiger partial charge in [-0.15, -0.1) is 0 Å². The van der Waals surface area contributed by atoms with Crippen molar-refractivity contribution in [1.29, 1.82) is 0 Å². The number of hydrogen-bond donors (Lipinski definition) is 2. The van der Waals surface area contributed by atoms with Crippen LogP contribution >= 0.6 is 0 Å². The second-order valence-electron chi connectivity index (χ2n) is 4.82. The van der Waals surface area contributed by atoms with Gasteiger partial charge < -0.3 is 15.7 Å². The summed E-state index contributed by atoms with van der Waals surface area (Å²) in [7, 11) is 0. The molecule has 2 rings (SSSR count). The highest BCUT2D eigenvalue weighted by atomic mass is 16.6. The Balaban J connectivity index is 2.05. The molecule has 0 atom stereocenters. The van der Waals surface area contributed by atoms with E-state index in [1.165, 1.54) is 17.0 Å². The second kappa shape index (κ2) is 5.32. The molecule has 0 aromatic heterocycles. The fourth-order valence-corrected chi connectivity index (χ4v) is 2.33. The van der Waals surface area contributed by atoms with E-state index in [9.17, 15) is 15.2 Å². The highest BCUT2D eigenvalue weighted by Crippen LogP contribution is 2.23. The summed E-state index contributed by atoms with van der Waals surface area (Å²) in [5, 5.41) is 22.0. The minimum absolute atomic E-state index is 0.284. The third kappa shape index (κ3) is 2.96. The Labute approximate surface area is 105 Å². The van der Waals surface area contributed by atoms with Gasteiger partial charge in [0, 0.05) is 30.5 Å². The van der Waals surface area contributed by atoms with Crippen LogP contribution in [0.2, 0.25) is 0 Å². The van der Waals surface area contributed by atoms with Crippen molar-refractivity contribution in [3.63, 3.8) is 0 Å². The summed E-state index contributed by atoms with van der Waals surface area (Å²) >= 11 is 0. The fourth-order valence-electron chi connectivity index (χ4n) is 2.33. The number of likely N-dealkylation sites (tertiary alicyclic amines) is 1. The SMILES string of the molecule is NC1CC[NH+](Cc2ccc([O-])c([N+](=O)[O-])c2)CC1. The topological polar surface area (TPSA) is 96.7 Å². The first-order chi connectivity index (χ1) is 8.56. The molecule has 1 aromatic rings. The Morgan fingerprint density at radius 1 is 1.39 bits per heavy atom. The van der Waals surface area contributed by atoms with Crippen molar-refractivity contribution >= 4 is 5.69 Å². The molecule has 18 heavy (non-hydrogen) atoms. The summed E-state index contributed by atoms with van der Waals surface area (Å²) in [6.45, 7) is 2.68. The molecular weight excluding hydrogens is 234 g/mol. The van der Waals surface area contributed by atoms with Crippen LogP contribution in [0.25, 0.3) is 0 Å². The molecular formula is C12H17N3O3. The van der Waals surface area contributed by atoms with Gasteiger partial charge in [0.2, 0.25) is 0 Å². The van der Waals surface area contributed by atoms with E-state index >= 15 is 0 Å². The zero-order valence-electron chi connectivity index (χ0n) is 10.1. The lowest BCUT2D eigenvalue weighted by atomic mass is 10.1. The first-order valence-electron chi connectivity index (χ1n) is 6.09. The van der Waals surface area contributed by atoms with Gasteiger partial charge in [-0.05, 0) is 5.75 Å². The number of hydrogen-bond acceptors (Lipinski definition) is 4. The van der Waals surface area contributed by atoms with Gasteiger partial charge in [-0.1, -0.05) is 12.1 Å². The Morgan fingerprint density at radius 3 is 2.67 bits per heavy atom. The lowest BCUT2D eigenvalue weighted by Crippen LogP contribution is -3.12. The molecule has 0 aliphatic carbocycles. The van der Waals surface area contributed by atoms with Gasteiger partial charge in [-0.25, -0.2) is 0 Å². The third-order valence-electron chi connectivity index (χ3n) is 3.41. The van der Waals surface area contributed by atoms with Gasteiger partial charge in [0.15, 0.2) is 0 Å². The van der Waals surface area contributed by atoms with Crippen LogP contribution in [0, 0.1) is 10.1 Å². The van der Waals surface area contributed by atoms with E-state index in [4.69, 9.17) is 5.73 Å². The molecule has 0 radical (unpaired) electrons. The number of nitrogens with zero attached hydrogens (tertiary/aromatic N) is 1. The van der Waals surface area contributed by atoms with Gasteiger partial charge in [-0.3, -0.25) is 10.1 Å². The molecule has 1 aromatic carbocycles. The van der Waals surface area contributed by atoms with E-state index in [0.717, 1.165) is 31.5 Å². The average Bonchev–Trinajstić information content (AvgIpc) is 2.34. The van der Waals surface area contributed by atoms with Gasteiger partial charge in [0.25, 0.3) is 5.69 Å². The molecule has 0 amide bonds. The summed E-state index contributed by atoms with van der Waals surface area (Å²) in [5.41, 5.74) is 6.34. The van der Waals surface area contributed by atoms with Crippen LogP contribution in [-0.4, -0.2) is 24.1 Å². The second-order valence-corrected chi connectivity index (χ2v) is 4.82. The molecule has 1 saturated heterocycles. The quantitative estimate of drug-likeness (QED) is 0.541. The van der Waals surface area contributed by atoms with E-state index < -0.39 is 10.7 Å². The van der Waals surface area contributed by atoms with Crippen molar-refractivity contribution in [2.75, 3.05) is 13.1 Å². The van der Waals surface area contributed by atoms with Crippen LogP contribution in [0.5, 0.6) is 5.75 Å². The zero-order valence-corrected chi connectivity index (χ0v) is 10.1. The molecule has 0 bridgehead atoms. The maximum absolute atomic E-state index is 11.3. The number of rotatable bonds is 3. The summed E-state index contributed by atoms with van der Waals surface area (Å²) in [5.74, 6) is -0.528. The van der Waals surface area contributed by atoms with Gasteiger partial charge in [-0.2, -0.15) is 0 Å². The standard InChI is InChI=1S/C12H17N3O3/c13-10-3-5-14(6-4-10)8-9-1-2-12(16)11(7-9)15(17)18/h1-2,7,10,16H,3-6,8,13H2. The highest BCUT2D eigenvalue weighted by Gasteiger charge is 2.20. The molecule has 3 N–H and O–H groups in total. The minimum atomic E-state index is -0.618. The molecule has 1 heterocycles. The predicted octanol–water partition coefficient (Wildman–Crippen LogP) is -0.826. The van der Waals surface area contributed by atoms with Crippen LogP contribution in [0.1, 0.15) is 18.4 Å². The molecule has 98 valence electrons. The normalized spacial score (nSPS) is 23.8. The maximum atomic E-state index is 11.3. The van der Waals surface area contributed by atoms with E-state index in [1.54, 1.807) is 6.07 Å². The van der Waals surface area contributed by atoms with Crippen molar-refractivity contribution in [2.45, 2.75) is 25.4 Å². The van der Waals surface area contributed by atoms with Crippen molar-refractivity contribution in [1.82, 2.24) is 0 Å².